The van der Waals surface area contributed by atoms with Crippen molar-refractivity contribution < 1.29 is 4.74 Å². The van der Waals surface area contributed by atoms with Crippen molar-refractivity contribution in [3.63, 3.8) is 0 Å². The first-order valence-electron chi connectivity index (χ1n) is 4.09. The second kappa shape index (κ2) is 5.69. The summed E-state index contributed by atoms with van der Waals surface area (Å²) in [6, 6.07) is 0.167. The Labute approximate surface area is 63.7 Å². The Morgan fingerprint density at radius 2 is 2.00 bits per heavy atom. The summed E-state index contributed by atoms with van der Waals surface area (Å²) in [7, 11) is 0. The molecule has 0 amide bonds. The molecule has 0 saturated heterocycles. The summed E-state index contributed by atoms with van der Waals surface area (Å²) >= 11 is 0. The monoisotopic (exact) mass is 145 g/mol. The molecule has 62 valence electrons. The van der Waals surface area contributed by atoms with Crippen LogP contribution in [0, 0.1) is 0 Å². The third kappa shape index (κ3) is 3.85. The van der Waals surface area contributed by atoms with Crippen LogP contribution in [0.1, 0.15) is 33.6 Å². The van der Waals surface area contributed by atoms with Gasteiger partial charge in [-0.25, -0.2) is 0 Å². The molecule has 2 atom stereocenters. The fourth-order valence-electron chi connectivity index (χ4n) is 0.997. The van der Waals surface area contributed by atoms with E-state index >= 15 is 0 Å². The standard InChI is InChI=1S/C8H19NO/c1-4-6-8(7(3)9)10-5-2/h7-8H,4-6,9H2,1-3H3/t7-,8?/m1/s1. The van der Waals surface area contributed by atoms with Crippen LogP contribution in [0.5, 0.6) is 0 Å². The highest BCUT2D eigenvalue weighted by molar-refractivity contribution is 4.67. The normalized spacial score (nSPS) is 16.8. The van der Waals surface area contributed by atoms with E-state index < -0.39 is 0 Å². The van der Waals surface area contributed by atoms with Gasteiger partial charge < -0.3 is 10.5 Å². The number of rotatable bonds is 5. The van der Waals surface area contributed by atoms with Gasteiger partial charge in [0.1, 0.15) is 0 Å². The third-order valence-electron chi connectivity index (χ3n) is 1.54. The van der Waals surface area contributed by atoms with E-state index in [2.05, 4.69) is 6.92 Å². The average molecular weight is 145 g/mol. The lowest BCUT2D eigenvalue weighted by Crippen LogP contribution is -2.33. The van der Waals surface area contributed by atoms with Crippen molar-refractivity contribution in [3.8, 4) is 0 Å². The van der Waals surface area contributed by atoms with Crippen molar-refractivity contribution in [3.05, 3.63) is 0 Å². The predicted octanol–water partition coefficient (Wildman–Crippen LogP) is 1.54. The second-order valence-electron chi connectivity index (χ2n) is 2.64. The van der Waals surface area contributed by atoms with Crippen LogP contribution in [0.25, 0.3) is 0 Å². The van der Waals surface area contributed by atoms with Crippen LogP contribution in [0.4, 0.5) is 0 Å². The van der Waals surface area contributed by atoms with Crippen molar-refractivity contribution in [2.24, 2.45) is 5.73 Å². The number of ether oxygens (including phenoxy) is 1. The van der Waals surface area contributed by atoms with Gasteiger partial charge in [0, 0.05) is 12.6 Å². The van der Waals surface area contributed by atoms with Gasteiger partial charge in [0.15, 0.2) is 0 Å². The van der Waals surface area contributed by atoms with Gasteiger partial charge >= 0.3 is 0 Å². The van der Waals surface area contributed by atoms with E-state index in [-0.39, 0.29) is 12.1 Å². The molecule has 0 radical (unpaired) electrons. The second-order valence-corrected chi connectivity index (χ2v) is 2.64. The first-order chi connectivity index (χ1) is 4.72. The Bertz CT molecular complexity index is 67.7. The highest BCUT2D eigenvalue weighted by atomic mass is 16.5. The molecule has 0 aliphatic carbocycles. The molecule has 0 aliphatic rings. The maximum absolute atomic E-state index is 5.68. The summed E-state index contributed by atoms with van der Waals surface area (Å²) in [5.41, 5.74) is 5.68. The lowest BCUT2D eigenvalue weighted by atomic mass is 10.1. The summed E-state index contributed by atoms with van der Waals surface area (Å²) in [6.07, 6.45) is 2.48. The molecule has 0 aromatic heterocycles. The summed E-state index contributed by atoms with van der Waals surface area (Å²) in [5, 5.41) is 0. The van der Waals surface area contributed by atoms with Gasteiger partial charge in [-0.1, -0.05) is 13.3 Å². The van der Waals surface area contributed by atoms with Crippen LogP contribution >= 0.6 is 0 Å². The molecule has 0 rings (SSSR count). The fourth-order valence-corrected chi connectivity index (χ4v) is 0.997. The average Bonchev–Trinajstić information content (AvgIpc) is 1.87. The maximum Gasteiger partial charge on any atom is 0.0722 e. The van der Waals surface area contributed by atoms with E-state index in [1.165, 1.54) is 0 Å². The topological polar surface area (TPSA) is 35.2 Å². The molecule has 2 nitrogen and oxygen atoms in total. The quantitative estimate of drug-likeness (QED) is 0.637. The number of hydrogen-bond donors (Lipinski definition) is 1. The first-order valence-corrected chi connectivity index (χ1v) is 4.09. The van der Waals surface area contributed by atoms with Crippen LogP contribution in [-0.2, 0) is 4.74 Å². The Kier molecular flexibility index (Phi) is 5.64. The van der Waals surface area contributed by atoms with E-state index in [4.69, 9.17) is 10.5 Å². The van der Waals surface area contributed by atoms with Crippen LogP contribution < -0.4 is 5.73 Å². The van der Waals surface area contributed by atoms with Crippen molar-refractivity contribution in [1.29, 1.82) is 0 Å². The molecule has 0 heterocycles. The Hall–Kier alpha value is -0.0800. The molecule has 1 unspecified atom stereocenters. The van der Waals surface area contributed by atoms with Crippen molar-refractivity contribution in [2.75, 3.05) is 6.61 Å². The van der Waals surface area contributed by atoms with E-state index in [1.807, 2.05) is 13.8 Å². The van der Waals surface area contributed by atoms with Crippen molar-refractivity contribution in [2.45, 2.75) is 45.8 Å². The molecule has 0 bridgehead atoms. The summed E-state index contributed by atoms with van der Waals surface area (Å²) in [4.78, 5) is 0. The first kappa shape index (κ1) is 9.92. The van der Waals surface area contributed by atoms with Gasteiger partial charge in [0.2, 0.25) is 0 Å². The zero-order valence-electron chi connectivity index (χ0n) is 7.26. The van der Waals surface area contributed by atoms with E-state index in [9.17, 15) is 0 Å². The zero-order chi connectivity index (χ0) is 7.98. The zero-order valence-corrected chi connectivity index (χ0v) is 7.26. The molecule has 2 heteroatoms. The van der Waals surface area contributed by atoms with E-state index in [0.29, 0.717) is 0 Å². The smallest absolute Gasteiger partial charge is 0.0722 e. The van der Waals surface area contributed by atoms with Gasteiger partial charge in [-0.3, -0.25) is 0 Å². The van der Waals surface area contributed by atoms with E-state index in [1.54, 1.807) is 0 Å². The Morgan fingerprint density at radius 3 is 2.30 bits per heavy atom. The van der Waals surface area contributed by atoms with Gasteiger partial charge in [-0.15, -0.1) is 0 Å². The summed E-state index contributed by atoms with van der Waals surface area (Å²) < 4.78 is 5.42. The van der Waals surface area contributed by atoms with Crippen LogP contribution in [0.3, 0.4) is 0 Å². The minimum Gasteiger partial charge on any atom is -0.377 e. The van der Waals surface area contributed by atoms with Gasteiger partial charge in [-0.2, -0.15) is 0 Å². The number of nitrogens with two attached hydrogens (primary N) is 1. The highest BCUT2D eigenvalue weighted by Gasteiger charge is 2.11. The van der Waals surface area contributed by atoms with Crippen molar-refractivity contribution in [1.82, 2.24) is 0 Å². The molecule has 0 fully saturated rings. The van der Waals surface area contributed by atoms with E-state index in [0.717, 1.165) is 19.4 Å². The Morgan fingerprint density at radius 1 is 1.40 bits per heavy atom. The van der Waals surface area contributed by atoms with Crippen LogP contribution in [0.2, 0.25) is 0 Å². The molecule has 0 spiro atoms. The molecule has 10 heavy (non-hydrogen) atoms. The van der Waals surface area contributed by atoms with Crippen LogP contribution in [-0.4, -0.2) is 18.8 Å². The maximum atomic E-state index is 5.68. The largest absolute Gasteiger partial charge is 0.377 e. The molecular weight excluding hydrogens is 126 g/mol. The fraction of sp³-hybridized carbons (Fsp3) is 1.00. The molecule has 0 saturated carbocycles. The predicted molar refractivity (Wildman–Crippen MR) is 44.0 cm³/mol. The molecule has 0 aromatic rings. The van der Waals surface area contributed by atoms with Gasteiger partial charge in [-0.05, 0) is 20.3 Å². The summed E-state index contributed by atoms with van der Waals surface area (Å²) in [5.74, 6) is 0. The Balaban J connectivity index is 3.50. The highest BCUT2D eigenvalue weighted by Crippen LogP contribution is 2.04. The summed E-state index contributed by atoms with van der Waals surface area (Å²) in [6.45, 7) is 6.92. The third-order valence-corrected chi connectivity index (χ3v) is 1.54. The molecular formula is C8H19NO. The lowest BCUT2D eigenvalue weighted by Gasteiger charge is -2.19. The molecule has 0 aliphatic heterocycles. The minimum atomic E-state index is 0.167. The van der Waals surface area contributed by atoms with Crippen LogP contribution in [0.15, 0.2) is 0 Å². The molecule has 0 aromatic carbocycles. The SMILES string of the molecule is CCCC(OCC)[C@@H](C)N. The lowest BCUT2D eigenvalue weighted by molar-refractivity contribution is 0.0419. The van der Waals surface area contributed by atoms with Gasteiger partial charge in [0.05, 0.1) is 6.10 Å². The number of hydrogen-bond acceptors (Lipinski definition) is 2. The molecule has 2 N–H and O–H groups in total. The minimum absolute atomic E-state index is 0.167. The van der Waals surface area contributed by atoms with Crippen molar-refractivity contribution >= 4 is 0 Å². The van der Waals surface area contributed by atoms with Gasteiger partial charge in [0.25, 0.3) is 0 Å².